The molecule has 2 N–H and O–H groups in total. The van der Waals surface area contributed by atoms with Crippen molar-refractivity contribution >= 4 is 0 Å². The van der Waals surface area contributed by atoms with Crippen molar-refractivity contribution in [1.29, 1.82) is 5.26 Å². The van der Waals surface area contributed by atoms with Crippen LogP contribution in [0.1, 0.15) is 0 Å². The number of hydrogen-bond acceptors (Lipinski definition) is 3. The number of rotatable bonds is 2. The second-order valence-electron chi connectivity index (χ2n) is 1.21. The maximum atomic E-state index is 8.24. The van der Waals surface area contributed by atoms with Crippen molar-refractivity contribution in [2.24, 2.45) is 0 Å². The molecule has 0 aromatic rings. The highest BCUT2D eigenvalue weighted by Crippen LogP contribution is 1.76. The highest BCUT2D eigenvalue weighted by Gasteiger charge is 1.82. The topological polar surface area (TPSA) is 47.9 Å². The van der Waals surface area contributed by atoms with Gasteiger partial charge in [-0.15, -0.1) is 0 Å². The molecule has 0 saturated carbocycles. The van der Waals surface area contributed by atoms with Gasteiger partial charge >= 0.3 is 0 Å². The third kappa shape index (κ3) is 2.08. The second kappa shape index (κ2) is 4.00. The first-order chi connectivity index (χ1) is 3.85. The van der Waals surface area contributed by atoms with Crippen molar-refractivity contribution in [2.45, 2.75) is 0 Å². The lowest BCUT2D eigenvalue weighted by molar-refractivity contribution is 0.982. The molecule has 0 aliphatic heterocycles. The summed E-state index contributed by atoms with van der Waals surface area (Å²) in [7, 11) is 3.45. The van der Waals surface area contributed by atoms with Crippen molar-refractivity contribution < 1.29 is 0 Å². The van der Waals surface area contributed by atoms with E-state index < -0.39 is 0 Å². The van der Waals surface area contributed by atoms with E-state index in [2.05, 4.69) is 10.6 Å². The van der Waals surface area contributed by atoms with Gasteiger partial charge in [0.2, 0.25) is 0 Å². The van der Waals surface area contributed by atoms with Crippen molar-refractivity contribution in [3.05, 3.63) is 11.9 Å². The number of allylic oxidation sites excluding steroid dienone is 1. The van der Waals surface area contributed by atoms with Crippen molar-refractivity contribution in [1.82, 2.24) is 10.6 Å². The summed E-state index contributed by atoms with van der Waals surface area (Å²) in [4.78, 5) is 0. The molecular weight excluding hydrogens is 102 g/mol. The van der Waals surface area contributed by atoms with Crippen LogP contribution in [0.15, 0.2) is 11.9 Å². The third-order valence-corrected chi connectivity index (χ3v) is 0.678. The lowest BCUT2D eigenvalue weighted by Gasteiger charge is -1.92. The Morgan fingerprint density at radius 3 is 2.38 bits per heavy atom. The van der Waals surface area contributed by atoms with E-state index in [0.717, 1.165) is 0 Å². The molecule has 0 unspecified atom stereocenters. The largest absolute Gasteiger partial charge is 0.392 e. The summed E-state index contributed by atoms with van der Waals surface area (Å²) in [5.41, 5.74) is 0.535. The molecule has 0 radical (unpaired) electrons. The molecular formula is C5H9N3. The van der Waals surface area contributed by atoms with Gasteiger partial charge in [0.15, 0.2) is 0 Å². The van der Waals surface area contributed by atoms with Gasteiger partial charge in [0.25, 0.3) is 0 Å². The van der Waals surface area contributed by atoms with E-state index in [1.54, 1.807) is 20.3 Å². The Hall–Kier alpha value is -1.17. The molecule has 0 aliphatic rings. The molecule has 0 spiro atoms. The van der Waals surface area contributed by atoms with Crippen LogP contribution >= 0.6 is 0 Å². The predicted octanol–water partition coefficient (Wildman–Crippen LogP) is -0.210. The molecule has 0 atom stereocenters. The zero-order valence-electron chi connectivity index (χ0n) is 5.02. The molecule has 0 saturated heterocycles. The predicted molar refractivity (Wildman–Crippen MR) is 31.8 cm³/mol. The Balaban J connectivity index is 3.72. The average Bonchev–Trinajstić information content (AvgIpc) is 1.83. The third-order valence-electron chi connectivity index (χ3n) is 0.678. The van der Waals surface area contributed by atoms with Crippen molar-refractivity contribution in [2.75, 3.05) is 14.1 Å². The number of hydrogen-bond donors (Lipinski definition) is 2. The molecule has 44 valence electrons. The van der Waals surface area contributed by atoms with Gasteiger partial charge in [0, 0.05) is 20.3 Å². The Morgan fingerprint density at radius 2 is 2.25 bits per heavy atom. The molecule has 0 rings (SSSR count). The average molecular weight is 111 g/mol. The molecule has 0 aliphatic carbocycles. The van der Waals surface area contributed by atoms with Crippen LogP contribution in [0.4, 0.5) is 0 Å². The number of nitriles is 1. The van der Waals surface area contributed by atoms with Crippen molar-refractivity contribution in [3.8, 4) is 6.07 Å². The summed E-state index contributed by atoms with van der Waals surface area (Å²) >= 11 is 0. The van der Waals surface area contributed by atoms with Crippen molar-refractivity contribution in [3.63, 3.8) is 0 Å². The molecule has 0 aromatic carbocycles. The normalized spacial score (nSPS) is 9.88. The van der Waals surface area contributed by atoms with Gasteiger partial charge in [-0.25, -0.2) is 0 Å². The summed E-state index contributed by atoms with van der Waals surface area (Å²) in [5, 5.41) is 13.6. The quantitative estimate of drug-likeness (QED) is 0.485. The molecule has 8 heavy (non-hydrogen) atoms. The van der Waals surface area contributed by atoms with Crippen LogP contribution in [0.5, 0.6) is 0 Å². The van der Waals surface area contributed by atoms with E-state index in [4.69, 9.17) is 5.26 Å². The molecule has 0 bridgehead atoms. The maximum Gasteiger partial charge on any atom is 0.129 e. The van der Waals surface area contributed by atoms with Gasteiger partial charge in [-0.05, 0) is 0 Å². The van der Waals surface area contributed by atoms with Crippen LogP contribution in [-0.4, -0.2) is 14.1 Å². The zero-order valence-corrected chi connectivity index (χ0v) is 5.02. The molecule has 0 heterocycles. The minimum atomic E-state index is 0.535. The van der Waals surface area contributed by atoms with E-state index in [1.807, 2.05) is 6.07 Å². The second-order valence-corrected chi connectivity index (χ2v) is 1.21. The fourth-order valence-electron chi connectivity index (χ4n) is 0.305. The minimum absolute atomic E-state index is 0.535. The Kier molecular flexibility index (Phi) is 3.42. The van der Waals surface area contributed by atoms with Crippen LogP contribution in [0.25, 0.3) is 0 Å². The summed E-state index contributed by atoms with van der Waals surface area (Å²) in [5.74, 6) is 0. The van der Waals surface area contributed by atoms with Crippen LogP contribution in [-0.2, 0) is 0 Å². The first kappa shape index (κ1) is 6.83. The Morgan fingerprint density at radius 1 is 1.62 bits per heavy atom. The van der Waals surface area contributed by atoms with Crippen LogP contribution in [0.3, 0.4) is 0 Å². The lowest BCUT2D eigenvalue weighted by atomic mass is 10.5. The number of nitrogens with zero attached hydrogens (tertiary/aromatic N) is 1. The molecule has 0 aromatic heterocycles. The first-order valence-electron chi connectivity index (χ1n) is 2.30. The molecule has 3 nitrogen and oxygen atoms in total. The molecule has 0 amide bonds. The van der Waals surface area contributed by atoms with Gasteiger partial charge in [0.1, 0.15) is 11.8 Å². The van der Waals surface area contributed by atoms with E-state index >= 15 is 0 Å². The zero-order chi connectivity index (χ0) is 6.41. The monoisotopic (exact) mass is 111 g/mol. The maximum absolute atomic E-state index is 8.24. The molecule has 0 fully saturated rings. The number of nitrogens with one attached hydrogen (secondary N) is 2. The Labute approximate surface area is 49.0 Å². The molecule has 3 heteroatoms. The van der Waals surface area contributed by atoms with Gasteiger partial charge in [-0.1, -0.05) is 0 Å². The van der Waals surface area contributed by atoms with E-state index in [0.29, 0.717) is 5.70 Å². The first-order valence-corrected chi connectivity index (χ1v) is 2.30. The van der Waals surface area contributed by atoms with Crippen LogP contribution in [0, 0.1) is 11.3 Å². The van der Waals surface area contributed by atoms with E-state index in [9.17, 15) is 0 Å². The summed E-state index contributed by atoms with van der Waals surface area (Å²) in [6.45, 7) is 0. The van der Waals surface area contributed by atoms with Gasteiger partial charge in [0.05, 0.1) is 0 Å². The fourth-order valence-corrected chi connectivity index (χ4v) is 0.305. The van der Waals surface area contributed by atoms with Gasteiger partial charge in [-0.3, -0.25) is 0 Å². The lowest BCUT2D eigenvalue weighted by Crippen LogP contribution is -2.07. The Bertz CT molecular complexity index is 120. The van der Waals surface area contributed by atoms with Crippen LogP contribution < -0.4 is 10.6 Å². The van der Waals surface area contributed by atoms with Crippen LogP contribution in [0.2, 0.25) is 0 Å². The fraction of sp³-hybridized carbons (Fsp3) is 0.400. The highest BCUT2D eigenvalue weighted by atomic mass is 14.9. The highest BCUT2D eigenvalue weighted by molar-refractivity contribution is 5.16. The SMILES string of the molecule is CN/C=C(/C#N)NC. The van der Waals surface area contributed by atoms with Gasteiger partial charge in [-0.2, -0.15) is 5.26 Å². The smallest absolute Gasteiger partial charge is 0.129 e. The summed E-state index contributed by atoms with van der Waals surface area (Å²) in [6, 6.07) is 1.94. The van der Waals surface area contributed by atoms with E-state index in [-0.39, 0.29) is 0 Å². The summed E-state index contributed by atoms with van der Waals surface area (Å²) in [6.07, 6.45) is 1.60. The standard InChI is InChI=1S/C5H9N3/c1-7-4-5(3-6)8-2/h4,7-8H,1-2H3/b5-4-. The van der Waals surface area contributed by atoms with E-state index in [1.165, 1.54) is 0 Å². The minimum Gasteiger partial charge on any atom is -0.392 e. The van der Waals surface area contributed by atoms with Gasteiger partial charge < -0.3 is 10.6 Å². The summed E-state index contributed by atoms with van der Waals surface area (Å²) < 4.78 is 0.